The number of rotatable bonds is 7. The van der Waals surface area contributed by atoms with Crippen LogP contribution in [0.15, 0.2) is 24.3 Å². The summed E-state index contributed by atoms with van der Waals surface area (Å²) >= 11 is 0. The number of carbonyl (C=O) groups is 2. The lowest BCUT2D eigenvalue weighted by Crippen LogP contribution is -2.45. The Hall–Kier alpha value is -2.24. The lowest BCUT2D eigenvalue weighted by Gasteiger charge is -2.32. The fourth-order valence-electron chi connectivity index (χ4n) is 3.25. The number of ether oxygens (including phenoxy) is 2. The summed E-state index contributed by atoms with van der Waals surface area (Å²) in [6.07, 6.45) is 4.07. The van der Waals surface area contributed by atoms with Crippen molar-refractivity contribution in [3.8, 4) is 5.75 Å². The third-order valence-corrected chi connectivity index (χ3v) is 4.87. The quantitative estimate of drug-likeness (QED) is 0.720. The van der Waals surface area contributed by atoms with Gasteiger partial charge < -0.3 is 19.7 Å². The molecule has 1 aromatic carbocycles. The van der Waals surface area contributed by atoms with Gasteiger partial charge >= 0.3 is 6.09 Å². The Morgan fingerprint density at radius 3 is 2.32 bits per heavy atom. The highest BCUT2D eigenvalue weighted by atomic mass is 16.6. The van der Waals surface area contributed by atoms with Gasteiger partial charge in [-0.15, -0.1) is 0 Å². The predicted molar refractivity (Wildman–Crippen MR) is 109 cm³/mol. The highest BCUT2D eigenvalue weighted by molar-refractivity contribution is 5.79. The number of hydrogen-bond acceptors (Lipinski definition) is 4. The summed E-state index contributed by atoms with van der Waals surface area (Å²) in [5.41, 5.74) is 0.790. The van der Waals surface area contributed by atoms with Crippen LogP contribution in [0, 0.1) is 5.92 Å². The molecular formula is C22H34N2O4. The molecule has 1 saturated heterocycles. The van der Waals surface area contributed by atoms with E-state index in [2.05, 4.69) is 17.4 Å². The van der Waals surface area contributed by atoms with Crippen molar-refractivity contribution >= 4 is 12.0 Å². The third kappa shape index (κ3) is 7.41. The molecule has 0 unspecified atom stereocenters. The molecule has 0 aliphatic carbocycles. The van der Waals surface area contributed by atoms with E-state index in [9.17, 15) is 9.59 Å². The summed E-state index contributed by atoms with van der Waals surface area (Å²) in [4.78, 5) is 26.1. The van der Waals surface area contributed by atoms with E-state index in [4.69, 9.17) is 9.47 Å². The summed E-state index contributed by atoms with van der Waals surface area (Å²) in [7, 11) is 1.67. The van der Waals surface area contributed by atoms with Gasteiger partial charge in [0, 0.05) is 25.6 Å². The van der Waals surface area contributed by atoms with Gasteiger partial charge in [-0.3, -0.25) is 4.79 Å². The third-order valence-electron chi connectivity index (χ3n) is 4.87. The van der Waals surface area contributed by atoms with Crippen LogP contribution in [0.5, 0.6) is 5.75 Å². The molecule has 1 aliphatic rings. The molecule has 0 atom stereocenters. The molecule has 156 valence electrons. The molecule has 2 amide bonds. The number of unbranched alkanes of at least 4 members (excludes halogenated alkanes) is 1. The normalized spacial score (nSPS) is 15.2. The van der Waals surface area contributed by atoms with Crippen LogP contribution >= 0.6 is 0 Å². The second-order valence-corrected chi connectivity index (χ2v) is 8.34. The minimum absolute atomic E-state index is 0.0136. The van der Waals surface area contributed by atoms with Gasteiger partial charge in [0.25, 0.3) is 0 Å². The van der Waals surface area contributed by atoms with E-state index < -0.39 is 5.60 Å². The van der Waals surface area contributed by atoms with Crippen LogP contribution in [0.25, 0.3) is 0 Å². The van der Waals surface area contributed by atoms with Gasteiger partial charge in [0.1, 0.15) is 11.4 Å². The Labute approximate surface area is 168 Å². The van der Waals surface area contributed by atoms with Crippen LogP contribution in [0.2, 0.25) is 0 Å². The number of aryl methyl sites for hydroxylation is 1. The summed E-state index contributed by atoms with van der Waals surface area (Å²) in [5.74, 6) is 0.960. The molecule has 1 N–H and O–H groups in total. The minimum Gasteiger partial charge on any atom is -0.497 e. The second kappa shape index (κ2) is 10.3. The first-order chi connectivity index (χ1) is 13.3. The smallest absolute Gasteiger partial charge is 0.410 e. The molecule has 1 aliphatic heterocycles. The van der Waals surface area contributed by atoms with Crippen LogP contribution < -0.4 is 10.1 Å². The molecule has 1 aromatic rings. The van der Waals surface area contributed by atoms with Gasteiger partial charge in [-0.2, -0.15) is 0 Å². The molecule has 0 spiro atoms. The largest absolute Gasteiger partial charge is 0.497 e. The van der Waals surface area contributed by atoms with E-state index >= 15 is 0 Å². The highest BCUT2D eigenvalue weighted by Crippen LogP contribution is 2.20. The molecular weight excluding hydrogens is 356 g/mol. The molecule has 0 aromatic heterocycles. The Morgan fingerprint density at radius 1 is 1.11 bits per heavy atom. The average molecular weight is 391 g/mol. The number of methoxy groups -OCH3 is 1. The number of piperidine rings is 1. The number of amides is 2. The monoisotopic (exact) mass is 390 g/mol. The van der Waals surface area contributed by atoms with Gasteiger partial charge in [0.15, 0.2) is 0 Å². The number of nitrogens with one attached hydrogen (secondary N) is 1. The summed E-state index contributed by atoms with van der Waals surface area (Å²) in [6, 6.07) is 8.10. The minimum atomic E-state index is -0.489. The Kier molecular flexibility index (Phi) is 8.15. The van der Waals surface area contributed by atoms with Gasteiger partial charge in [-0.05, 0) is 70.6 Å². The molecule has 0 saturated carbocycles. The maximum Gasteiger partial charge on any atom is 0.410 e. The van der Waals surface area contributed by atoms with E-state index in [-0.39, 0.29) is 17.9 Å². The van der Waals surface area contributed by atoms with Crippen molar-refractivity contribution in [1.82, 2.24) is 10.2 Å². The summed E-state index contributed by atoms with van der Waals surface area (Å²) < 4.78 is 10.6. The molecule has 28 heavy (non-hydrogen) atoms. The van der Waals surface area contributed by atoms with Crippen molar-refractivity contribution in [2.45, 2.75) is 58.5 Å². The number of carbonyl (C=O) groups excluding carboxylic acids is 2. The van der Waals surface area contributed by atoms with Crippen LogP contribution in [0.4, 0.5) is 4.79 Å². The number of nitrogens with zero attached hydrogens (tertiary/aromatic N) is 1. The first kappa shape index (κ1) is 22.1. The molecule has 2 rings (SSSR count). The van der Waals surface area contributed by atoms with E-state index in [0.717, 1.165) is 25.0 Å². The fraction of sp³-hybridized carbons (Fsp3) is 0.636. The standard InChI is InChI=1S/C22H34N2O4/c1-22(2,3)28-21(26)24-15-12-18(13-16-24)20(25)23-14-6-5-7-17-8-10-19(27-4)11-9-17/h8-11,18H,5-7,12-16H2,1-4H3,(H,23,25). The van der Waals surface area contributed by atoms with E-state index in [1.807, 2.05) is 32.9 Å². The van der Waals surface area contributed by atoms with E-state index in [0.29, 0.717) is 32.5 Å². The van der Waals surface area contributed by atoms with Crippen molar-refractivity contribution in [3.63, 3.8) is 0 Å². The number of hydrogen-bond donors (Lipinski definition) is 1. The van der Waals surface area contributed by atoms with Crippen LogP contribution in [0.1, 0.15) is 52.0 Å². The number of likely N-dealkylation sites (tertiary alicyclic amines) is 1. The Morgan fingerprint density at radius 2 is 1.75 bits per heavy atom. The highest BCUT2D eigenvalue weighted by Gasteiger charge is 2.29. The predicted octanol–water partition coefficient (Wildman–Crippen LogP) is 3.78. The molecule has 1 heterocycles. The topological polar surface area (TPSA) is 67.9 Å². The SMILES string of the molecule is COc1ccc(CCCCNC(=O)C2CCN(C(=O)OC(C)(C)C)CC2)cc1. The van der Waals surface area contributed by atoms with Crippen LogP contribution in [-0.4, -0.2) is 49.2 Å². The van der Waals surface area contributed by atoms with E-state index in [1.165, 1.54) is 5.56 Å². The number of benzene rings is 1. The van der Waals surface area contributed by atoms with Gasteiger partial charge in [-0.25, -0.2) is 4.79 Å². The zero-order valence-electron chi connectivity index (χ0n) is 17.6. The Bertz CT molecular complexity index is 629. The molecule has 0 bridgehead atoms. The maximum atomic E-state index is 12.3. The summed E-state index contributed by atoms with van der Waals surface area (Å²) in [5, 5.41) is 3.05. The first-order valence-corrected chi connectivity index (χ1v) is 10.2. The first-order valence-electron chi connectivity index (χ1n) is 10.2. The van der Waals surface area contributed by atoms with Crippen molar-refractivity contribution < 1.29 is 19.1 Å². The van der Waals surface area contributed by atoms with E-state index in [1.54, 1.807) is 12.0 Å². The molecule has 6 nitrogen and oxygen atoms in total. The molecule has 1 fully saturated rings. The average Bonchev–Trinajstić information content (AvgIpc) is 2.67. The van der Waals surface area contributed by atoms with Crippen molar-refractivity contribution in [2.24, 2.45) is 5.92 Å². The maximum absolute atomic E-state index is 12.3. The Balaban J connectivity index is 1.60. The fourth-order valence-corrected chi connectivity index (χ4v) is 3.25. The van der Waals surface area contributed by atoms with Crippen molar-refractivity contribution in [1.29, 1.82) is 0 Å². The van der Waals surface area contributed by atoms with Crippen LogP contribution in [-0.2, 0) is 16.0 Å². The summed E-state index contributed by atoms with van der Waals surface area (Å²) in [6.45, 7) is 7.43. The zero-order valence-corrected chi connectivity index (χ0v) is 17.6. The van der Waals surface area contributed by atoms with Gasteiger partial charge in [0.05, 0.1) is 7.11 Å². The van der Waals surface area contributed by atoms with Crippen molar-refractivity contribution in [3.05, 3.63) is 29.8 Å². The zero-order chi connectivity index (χ0) is 20.6. The van der Waals surface area contributed by atoms with Crippen LogP contribution in [0.3, 0.4) is 0 Å². The lowest BCUT2D eigenvalue weighted by molar-refractivity contribution is -0.126. The van der Waals surface area contributed by atoms with Crippen molar-refractivity contribution in [2.75, 3.05) is 26.7 Å². The second-order valence-electron chi connectivity index (χ2n) is 8.34. The molecule has 6 heteroatoms. The lowest BCUT2D eigenvalue weighted by atomic mass is 9.96. The van der Waals surface area contributed by atoms with Gasteiger partial charge in [-0.1, -0.05) is 12.1 Å². The molecule has 0 radical (unpaired) electrons. The van der Waals surface area contributed by atoms with Gasteiger partial charge in [0.2, 0.25) is 5.91 Å².